The number of hydrogen-bond acceptors (Lipinski definition) is 7. The number of halogens is 1. The molecule has 0 saturated carbocycles. The van der Waals surface area contributed by atoms with E-state index < -0.39 is 6.17 Å². The molecule has 0 amide bonds. The predicted molar refractivity (Wildman–Crippen MR) is 103 cm³/mol. The number of anilines is 1. The first-order valence-corrected chi connectivity index (χ1v) is 9.19. The molecule has 0 aliphatic carbocycles. The fourth-order valence-corrected chi connectivity index (χ4v) is 3.67. The highest BCUT2D eigenvalue weighted by Crippen LogP contribution is 2.30. The van der Waals surface area contributed by atoms with Gasteiger partial charge in [0.2, 0.25) is 6.17 Å². The summed E-state index contributed by atoms with van der Waals surface area (Å²) in [5.74, 6) is 0.628. The zero-order valence-corrected chi connectivity index (χ0v) is 16.0. The molecule has 3 heterocycles. The summed E-state index contributed by atoms with van der Waals surface area (Å²) in [5, 5.41) is 16.9. The molecular formula is C18H19ClN6O3. The number of piperazine rings is 1. The van der Waals surface area contributed by atoms with Crippen molar-refractivity contribution in [1.29, 1.82) is 0 Å². The highest BCUT2D eigenvalue weighted by Gasteiger charge is 2.31. The van der Waals surface area contributed by atoms with Crippen LogP contribution in [-0.4, -0.2) is 59.2 Å². The number of rotatable bonds is 5. The zero-order valence-electron chi connectivity index (χ0n) is 15.2. The molecule has 4 rings (SSSR count). The molecule has 10 heteroatoms. The average Bonchev–Trinajstić information content (AvgIpc) is 3.15. The summed E-state index contributed by atoms with van der Waals surface area (Å²) in [5.41, 5.74) is 1.73. The van der Waals surface area contributed by atoms with E-state index in [1.54, 1.807) is 7.11 Å². The highest BCUT2D eigenvalue weighted by atomic mass is 35.5. The van der Waals surface area contributed by atoms with E-state index in [-0.39, 0.29) is 5.65 Å². The molecule has 1 saturated heterocycles. The van der Waals surface area contributed by atoms with E-state index in [0.717, 1.165) is 12.0 Å². The van der Waals surface area contributed by atoms with Gasteiger partial charge in [-0.2, -0.15) is 0 Å². The van der Waals surface area contributed by atoms with Crippen molar-refractivity contribution in [2.45, 2.75) is 6.17 Å². The topological polar surface area (TPSA) is 90.4 Å². The molecule has 0 N–H and O–H groups in total. The molecule has 1 aliphatic rings. The average molecular weight is 403 g/mol. The number of aldehydes is 1. The number of methoxy groups -OCH3 is 1. The van der Waals surface area contributed by atoms with E-state index >= 15 is 0 Å². The first kappa shape index (κ1) is 18.5. The molecule has 1 fully saturated rings. The Morgan fingerprint density at radius 2 is 2.11 bits per heavy atom. The van der Waals surface area contributed by atoms with Crippen LogP contribution in [0.2, 0.25) is 5.02 Å². The van der Waals surface area contributed by atoms with Gasteiger partial charge in [-0.25, -0.2) is 9.71 Å². The molecule has 146 valence electrons. The standard InChI is InChI=1S/C18H19ClN6O3/c1-28-16-10-13(2-3-14(16)19)22-6-8-23(9-7-22)17(12-26)25-18-15(11-21-25)20-4-5-24(18)27/h2-5,10-12,17H,6-9H2,1H3. The van der Waals surface area contributed by atoms with Gasteiger partial charge in [0.15, 0.2) is 11.8 Å². The van der Waals surface area contributed by atoms with Crippen LogP contribution in [0.1, 0.15) is 6.17 Å². The summed E-state index contributed by atoms with van der Waals surface area (Å²) in [6.45, 7) is 2.69. The number of ether oxygens (including phenoxy) is 1. The second kappa shape index (κ2) is 7.61. The first-order chi connectivity index (χ1) is 13.6. The highest BCUT2D eigenvalue weighted by molar-refractivity contribution is 6.32. The van der Waals surface area contributed by atoms with Crippen LogP contribution in [0.25, 0.3) is 11.2 Å². The fraction of sp³-hybridized carbons (Fsp3) is 0.333. The molecule has 0 bridgehead atoms. The molecule has 9 nitrogen and oxygen atoms in total. The van der Waals surface area contributed by atoms with E-state index in [1.165, 1.54) is 23.3 Å². The van der Waals surface area contributed by atoms with Gasteiger partial charge >= 0.3 is 5.65 Å². The number of benzene rings is 1. The molecule has 1 atom stereocenters. The Morgan fingerprint density at radius 3 is 2.82 bits per heavy atom. The molecular weight excluding hydrogens is 384 g/mol. The first-order valence-electron chi connectivity index (χ1n) is 8.81. The molecule has 2 aromatic heterocycles. The van der Waals surface area contributed by atoms with Crippen molar-refractivity contribution in [2.75, 3.05) is 38.2 Å². The number of aromatic nitrogens is 4. The molecule has 1 unspecified atom stereocenters. The largest absolute Gasteiger partial charge is 0.710 e. The number of nitrogens with zero attached hydrogens (tertiary/aromatic N) is 6. The third kappa shape index (κ3) is 3.23. The number of fused-ring (bicyclic) bond motifs is 1. The normalized spacial score (nSPS) is 16.3. The summed E-state index contributed by atoms with van der Waals surface area (Å²) in [7, 11) is 1.59. The van der Waals surface area contributed by atoms with Gasteiger partial charge in [-0.05, 0) is 12.1 Å². The maximum atomic E-state index is 12.1. The molecule has 1 aromatic carbocycles. The van der Waals surface area contributed by atoms with E-state index in [0.29, 0.717) is 47.2 Å². The predicted octanol–water partition coefficient (Wildman–Crippen LogP) is 1.25. The molecule has 1 aliphatic heterocycles. The van der Waals surface area contributed by atoms with Gasteiger partial charge < -0.3 is 14.8 Å². The smallest absolute Gasteiger partial charge is 0.335 e. The van der Waals surface area contributed by atoms with Crippen molar-refractivity contribution in [3.63, 3.8) is 0 Å². The maximum absolute atomic E-state index is 12.1. The Morgan fingerprint density at radius 1 is 1.32 bits per heavy atom. The van der Waals surface area contributed by atoms with Crippen LogP contribution in [-0.2, 0) is 4.79 Å². The third-order valence-electron chi connectivity index (χ3n) is 4.94. The Hall–Kier alpha value is -2.91. The maximum Gasteiger partial charge on any atom is 0.335 e. The summed E-state index contributed by atoms with van der Waals surface area (Å²) in [6.07, 6.45) is 4.35. The van der Waals surface area contributed by atoms with Gasteiger partial charge in [0, 0.05) is 37.9 Å². The van der Waals surface area contributed by atoms with Crippen LogP contribution in [0.15, 0.2) is 36.8 Å². The Labute approximate surface area is 166 Å². The van der Waals surface area contributed by atoms with Crippen molar-refractivity contribution in [3.05, 3.63) is 47.0 Å². The molecule has 0 spiro atoms. The lowest BCUT2D eigenvalue weighted by Gasteiger charge is -2.37. The lowest BCUT2D eigenvalue weighted by Crippen LogP contribution is -2.50. The minimum atomic E-state index is -0.663. The Balaban J connectivity index is 1.53. The Kier molecular flexibility index (Phi) is 5.01. The molecule has 3 aromatic rings. The fourth-order valence-electron chi connectivity index (χ4n) is 3.48. The third-order valence-corrected chi connectivity index (χ3v) is 5.25. The van der Waals surface area contributed by atoms with Crippen LogP contribution >= 0.6 is 11.6 Å². The number of hydrogen-bond donors (Lipinski definition) is 0. The monoisotopic (exact) mass is 402 g/mol. The SMILES string of the molecule is COc1cc(N2CCN(C(C=O)n3ncc4ncc[n+]([O-])c43)CC2)ccc1Cl. The van der Waals surface area contributed by atoms with Crippen LogP contribution in [0.3, 0.4) is 0 Å². The minimum Gasteiger partial charge on any atom is -0.710 e. The lowest BCUT2D eigenvalue weighted by molar-refractivity contribution is -0.581. The zero-order chi connectivity index (χ0) is 19.7. The van der Waals surface area contributed by atoms with Crippen molar-refractivity contribution in [2.24, 2.45) is 0 Å². The Bertz CT molecular complexity index is 1000. The van der Waals surface area contributed by atoms with Crippen LogP contribution in [0.4, 0.5) is 5.69 Å². The van der Waals surface area contributed by atoms with E-state index in [1.807, 2.05) is 23.1 Å². The van der Waals surface area contributed by atoms with Gasteiger partial charge in [-0.3, -0.25) is 9.69 Å². The lowest BCUT2D eigenvalue weighted by atomic mass is 10.2. The molecule has 28 heavy (non-hydrogen) atoms. The summed E-state index contributed by atoms with van der Waals surface area (Å²) >= 11 is 6.10. The van der Waals surface area contributed by atoms with Gasteiger partial charge in [-0.15, -0.1) is 4.68 Å². The van der Waals surface area contributed by atoms with Crippen molar-refractivity contribution in [1.82, 2.24) is 19.7 Å². The van der Waals surface area contributed by atoms with E-state index in [4.69, 9.17) is 16.3 Å². The van der Waals surface area contributed by atoms with E-state index in [2.05, 4.69) is 15.0 Å². The van der Waals surface area contributed by atoms with Gasteiger partial charge in [0.05, 0.1) is 18.3 Å². The summed E-state index contributed by atoms with van der Waals surface area (Å²) in [4.78, 5) is 20.2. The quantitative estimate of drug-likeness (QED) is 0.360. The van der Waals surface area contributed by atoms with Crippen LogP contribution < -0.4 is 14.4 Å². The van der Waals surface area contributed by atoms with Crippen molar-refractivity contribution < 1.29 is 14.3 Å². The number of carbonyl (C=O) groups excluding carboxylic acids is 1. The van der Waals surface area contributed by atoms with Crippen molar-refractivity contribution >= 4 is 34.7 Å². The minimum absolute atomic E-state index is 0.268. The van der Waals surface area contributed by atoms with Gasteiger partial charge in [-0.1, -0.05) is 16.7 Å². The van der Waals surface area contributed by atoms with Crippen molar-refractivity contribution in [3.8, 4) is 5.75 Å². The van der Waals surface area contributed by atoms with Crippen LogP contribution in [0.5, 0.6) is 5.75 Å². The van der Waals surface area contributed by atoms with Gasteiger partial charge in [0.1, 0.15) is 18.1 Å². The summed E-state index contributed by atoms with van der Waals surface area (Å²) in [6, 6.07) is 5.67. The van der Waals surface area contributed by atoms with Crippen LogP contribution in [0, 0.1) is 5.21 Å². The van der Waals surface area contributed by atoms with E-state index in [9.17, 15) is 10.0 Å². The van der Waals surface area contributed by atoms with Gasteiger partial charge in [0.25, 0.3) is 0 Å². The summed E-state index contributed by atoms with van der Waals surface area (Å²) < 4.78 is 7.41. The molecule has 0 radical (unpaired) electrons. The second-order valence-electron chi connectivity index (χ2n) is 6.44. The second-order valence-corrected chi connectivity index (χ2v) is 6.85. The number of carbonyl (C=O) groups is 1.